The molecule has 8 heteroatoms. The van der Waals surface area contributed by atoms with Gasteiger partial charge in [-0.25, -0.2) is 0 Å². The van der Waals surface area contributed by atoms with Crippen LogP contribution in [0.3, 0.4) is 0 Å². The van der Waals surface area contributed by atoms with Gasteiger partial charge in [-0.15, -0.1) is 0 Å². The summed E-state index contributed by atoms with van der Waals surface area (Å²) in [6, 6.07) is 10.0. The molecule has 2 aromatic rings. The average Bonchev–Trinajstić information content (AvgIpc) is 2.73. The Labute approximate surface area is 187 Å². The van der Waals surface area contributed by atoms with Gasteiger partial charge in [0.05, 0.1) is 31.0 Å². The SMILES string of the molecule is CCOc1cc([C@@H](CSC)N(C=O)C(=O)c2c(C)cccc2NC(C)=O)ccc1OC. The molecule has 0 aliphatic rings. The molecule has 0 saturated carbocycles. The fraction of sp³-hybridized carbons (Fsp3) is 0.348. The van der Waals surface area contributed by atoms with E-state index in [4.69, 9.17) is 9.47 Å². The van der Waals surface area contributed by atoms with Crippen molar-refractivity contribution >= 4 is 35.7 Å². The molecular weight excluding hydrogens is 416 g/mol. The second kappa shape index (κ2) is 11.4. The van der Waals surface area contributed by atoms with Crippen LogP contribution in [0.1, 0.15) is 41.4 Å². The molecule has 31 heavy (non-hydrogen) atoms. The predicted molar refractivity (Wildman–Crippen MR) is 123 cm³/mol. The highest BCUT2D eigenvalue weighted by Gasteiger charge is 2.29. The van der Waals surface area contributed by atoms with E-state index in [1.54, 1.807) is 44.4 Å². The summed E-state index contributed by atoms with van der Waals surface area (Å²) >= 11 is 1.51. The van der Waals surface area contributed by atoms with Crippen LogP contribution in [0.15, 0.2) is 36.4 Å². The third-order valence-electron chi connectivity index (χ3n) is 4.68. The van der Waals surface area contributed by atoms with Crippen LogP contribution in [-0.4, -0.2) is 48.8 Å². The zero-order valence-corrected chi connectivity index (χ0v) is 19.2. The second-order valence-corrected chi connectivity index (χ2v) is 7.72. The van der Waals surface area contributed by atoms with Crippen molar-refractivity contribution in [3.05, 3.63) is 53.1 Å². The Morgan fingerprint density at radius 3 is 2.55 bits per heavy atom. The van der Waals surface area contributed by atoms with Crippen LogP contribution >= 0.6 is 11.8 Å². The Kier molecular flexibility index (Phi) is 8.93. The number of methoxy groups -OCH3 is 1. The number of nitrogens with zero attached hydrogens (tertiary/aromatic N) is 1. The van der Waals surface area contributed by atoms with Crippen molar-refractivity contribution in [2.75, 3.05) is 31.0 Å². The lowest BCUT2D eigenvalue weighted by Crippen LogP contribution is -2.36. The van der Waals surface area contributed by atoms with E-state index in [1.165, 1.54) is 23.6 Å². The minimum absolute atomic E-state index is 0.287. The van der Waals surface area contributed by atoms with E-state index in [0.717, 1.165) is 5.56 Å². The van der Waals surface area contributed by atoms with Crippen molar-refractivity contribution in [2.45, 2.75) is 26.8 Å². The van der Waals surface area contributed by atoms with Crippen molar-refractivity contribution in [1.29, 1.82) is 0 Å². The van der Waals surface area contributed by atoms with Crippen LogP contribution in [-0.2, 0) is 9.59 Å². The molecule has 1 N–H and O–H groups in total. The number of aryl methyl sites for hydroxylation is 1. The lowest BCUT2D eigenvalue weighted by molar-refractivity contribution is -0.117. The molecule has 166 valence electrons. The maximum absolute atomic E-state index is 13.5. The number of thioether (sulfide) groups is 1. The summed E-state index contributed by atoms with van der Waals surface area (Å²) in [7, 11) is 1.56. The summed E-state index contributed by atoms with van der Waals surface area (Å²) < 4.78 is 11.0. The Hall–Kier alpha value is -3.00. The fourth-order valence-corrected chi connectivity index (χ4v) is 3.97. The minimum atomic E-state index is -0.533. The highest BCUT2D eigenvalue weighted by atomic mass is 32.2. The summed E-state index contributed by atoms with van der Waals surface area (Å²) in [5.41, 5.74) is 2.07. The van der Waals surface area contributed by atoms with Gasteiger partial charge in [0.15, 0.2) is 11.5 Å². The number of carbonyl (C=O) groups is 3. The molecule has 7 nitrogen and oxygen atoms in total. The van der Waals surface area contributed by atoms with E-state index in [9.17, 15) is 14.4 Å². The Morgan fingerprint density at radius 2 is 1.97 bits per heavy atom. The standard InChI is InChI=1S/C23H28N2O5S/c1-6-30-21-12-17(10-11-20(21)29-4)19(13-31-5)25(14-26)23(28)22-15(2)8-7-9-18(22)24-16(3)27/h7-12,14,19H,6,13H2,1-5H3,(H,24,27)/t19-/m1/s1. The summed E-state index contributed by atoms with van der Waals surface area (Å²) in [6.45, 7) is 5.46. The van der Waals surface area contributed by atoms with Gasteiger partial charge in [0.25, 0.3) is 5.91 Å². The molecule has 1 atom stereocenters. The number of hydrogen-bond acceptors (Lipinski definition) is 6. The van der Waals surface area contributed by atoms with Gasteiger partial charge in [-0.05, 0) is 49.4 Å². The number of hydrogen-bond donors (Lipinski definition) is 1. The van der Waals surface area contributed by atoms with Crippen molar-refractivity contribution in [3.63, 3.8) is 0 Å². The monoisotopic (exact) mass is 444 g/mol. The topological polar surface area (TPSA) is 84.9 Å². The molecule has 0 unspecified atom stereocenters. The lowest BCUT2D eigenvalue weighted by atomic mass is 10.0. The Balaban J connectivity index is 2.53. The molecule has 0 radical (unpaired) electrons. The van der Waals surface area contributed by atoms with Gasteiger partial charge < -0.3 is 14.8 Å². The summed E-state index contributed by atoms with van der Waals surface area (Å²) in [6.07, 6.45) is 2.45. The van der Waals surface area contributed by atoms with Crippen LogP contribution in [0.2, 0.25) is 0 Å². The number of rotatable bonds is 10. The first-order valence-electron chi connectivity index (χ1n) is 9.82. The van der Waals surface area contributed by atoms with Crippen LogP contribution in [0.4, 0.5) is 5.69 Å². The second-order valence-electron chi connectivity index (χ2n) is 6.81. The minimum Gasteiger partial charge on any atom is -0.493 e. The van der Waals surface area contributed by atoms with E-state index in [1.807, 2.05) is 19.2 Å². The zero-order chi connectivity index (χ0) is 23.0. The van der Waals surface area contributed by atoms with Gasteiger partial charge >= 0.3 is 0 Å². The number of benzene rings is 2. The first-order valence-corrected chi connectivity index (χ1v) is 11.2. The molecule has 0 aliphatic carbocycles. The number of amides is 3. The quantitative estimate of drug-likeness (QED) is 0.556. The van der Waals surface area contributed by atoms with Crippen molar-refractivity contribution in [3.8, 4) is 11.5 Å². The third-order valence-corrected chi connectivity index (χ3v) is 5.33. The maximum atomic E-state index is 13.5. The zero-order valence-electron chi connectivity index (χ0n) is 18.4. The van der Waals surface area contributed by atoms with E-state index < -0.39 is 11.9 Å². The van der Waals surface area contributed by atoms with Gasteiger partial charge in [0, 0.05) is 12.7 Å². The number of carbonyl (C=O) groups excluding carboxylic acids is 3. The highest BCUT2D eigenvalue weighted by molar-refractivity contribution is 7.98. The largest absolute Gasteiger partial charge is 0.493 e. The van der Waals surface area contributed by atoms with E-state index in [0.29, 0.717) is 41.5 Å². The molecule has 2 rings (SSSR count). The van der Waals surface area contributed by atoms with E-state index in [2.05, 4.69) is 5.32 Å². The molecule has 0 spiro atoms. The van der Waals surface area contributed by atoms with Gasteiger partial charge in [0.1, 0.15) is 0 Å². The van der Waals surface area contributed by atoms with Crippen LogP contribution in [0, 0.1) is 6.92 Å². The van der Waals surface area contributed by atoms with Crippen molar-refractivity contribution < 1.29 is 23.9 Å². The molecule has 0 fully saturated rings. The molecule has 0 bridgehead atoms. The summed E-state index contributed by atoms with van der Waals surface area (Å²) in [5, 5.41) is 2.68. The van der Waals surface area contributed by atoms with Crippen LogP contribution < -0.4 is 14.8 Å². The summed E-state index contributed by atoms with van der Waals surface area (Å²) in [5.74, 6) is 0.828. The van der Waals surface area contributed by atoms with Gasteiger partial charge in [-0.2, -0.15) is 11.8 Å². The number of nitrogens with one attached hydrogen (secondary N) is 1. The predicted octanol–water partition coefficient (Wildman–Crippen LogP) is 4.06. The van der Waals surface area contributed by atoms with Crippen molar-refractivity contribution in [2.24, 2.45) is 0 Å². The fourth-order valence-electron chi connectivity index (χ4n) is 3.30. The normalized spacial score (nSPS) is 11.4. The van der Waals surface area contributed by atoms with E-state index >= 15 is 0 Å². The highest BCUT2D eigenvalue weighted by Crippen LogP contribution is 2.34. The smallest absolute Gasteiger partial charge is 0.263 e. The first kappa shape index (κ1) is 24.3. The summed E-state index contributed by atoms with van der Waals surface area (Å²) in [4.78, 5) is 38.4. The van der Waals surface area contributed by atoms with Gasteiger partial charge in [-0.3, -0.25) is 19.3 Å². The molecule has 0 saturated heterocycles. The maximum Gasteiger partial charge on any atom is 0.263 e. The van der Waals surface area contributed by atoms with Crippen LogP contribution in [0.25, 0.3) is 0 Å². The van der Waals surface area contributed by atoms with Gasteiger partial charge in [-0.1, -0.05) is 18.2 Å². The molecule has 0 aromatic heterocycles. The molecule has 0 aliphatic heterocycles. The molecule has 0 heterocycles. The molecule has 2 aromatic carbocycles. The molecule has 3 amide bonds. The Bertz CT molecular complexity index is 948. The number of imide groups is 1. The first-order chi connectivity index (χ1) is 14.9. The van der Waals surface area contributed by atoms with E-state index in [-0.39, 0.29) is 11.5 Å². The lowest BCUT2D eigenvalue weighted by Gasteiger charge is -2.28. The third kappa shape index (κ3) is 5.79. The van der Waals surface area contributed by atoms with Crippen LogP contribution in [0.5, 0.6) is 11.5 Å². The average molecular weight is 445 g/mol. The van der Waals surface area contributed by atoms with Gasteiger partial charge in [0.2, 0.25) is 12.3 Å². The van der Waals surface area contributed by atoms with Crippen molar-refractivity contribution in [1.82, 2.24) is 4.90 Å². The molecular formula is C23H28N2O5S. The number of anilines is 1. The Morgan fingerprint density at radius 1 is 1.23 bits per heavy atom. The number of ether oxygens (including phenoxy) is 2.